The van der Waals surface area contributed by atoms with E-state index in [1.54, 1.807) is 18.2 Å². The van der Waals surface area contributed by atoms with Crippen LogP contribution >= 0.6 is 23.2 Å². The van der Waals surface area contributed by atoms with Gasteiger partial charge in [-0.1, -0.05) is 83.9 Å². The minimum Gasteiger partial charge on any atom is -0.325 e. The summed E-state index contributed by atoms with van der Waals surface area (Å²) in [4.78, 5) is 15.0. The van der Waals surface area contributed by atoms with Crippen molar-refractivity contribution < 1.29 is 13.2 Å². The Bertz CT molecular complexity index is 1240. The second-order valence-electron chi connectivity index (χ2n) is 8.71. The predicted molar refractivity (Wildman–Crippen MR) is 141 cm³/mol. The highest BCUT2D eigenvalue weighted by atomic mass is 35.5. The van der Waals surface area contributed by atoms with Crippen LogP contribution in [0.15, 0.2) is 78.9 Å². The van der Waals surface area contributed by atoms with Crippen molar-refractivity contribution in [2.45, 2.75) is 25.2 Å². The number of hydrogen-bond acceptors (Lipinski definition) is 5. The Morgan fingerprint density at radius 3 is 2.11 bits per heavy atom. The molecule has 184 valence electrons. The van der Waals surface area contributed by atoms with Gasteiger partial charge in [-0.15, -0.1) is 0 Å². The molecule has 0 spiro atoms. The summed E-state index contributed by atoms with van der Waals surface area (Å²) < 4.78 is 25.3. The number of carbonyl (C=O) groups excluding carboxylic acids is 1. The van der Waals surface area contributed by atoms with Gasteiger partial charge < -0.3 is 10.6 Å². The molecule has 1 amide bonds. The molecule has 4 rings (SSSR count). The van der Waals surface area contributed by atoms with Crippen molar-refractivity contribution in [1.82, 2.24) is 10.2 Å². The van der Waals surface area contributed by atoms with Crippen LogP contribution in [0.4, 0.5) is 5.69 Å². The third-order valence-corrected chi connectivity index (χ3v) is 8.08. The van der Waals surface area contributed by atoms with Gasteiger partial charge in [-0.3, -0.25) is 9.69 Å². The van der Waals surface area contributed by atoms with E-state index in [1.165, 1.54) is 0 Å². The third-order valence-electron chi connectivity index (χ3n) is 5.92. The highest BCUT2D eigenvalue weighted by Gasteiger charge is 2.41. The summed E-state index contributed by atoms with van der Waals surface area (Å²) in [5, 5.41) is 7.09. The van der Waals surface area contributed by atoms with E-state index in [0.717, 1.165) is 11.1 Å². The van der Waals surface area contributed by atoms with Gasteiger partial charge in [-0.05, 0) is 29.3 Å². The van der Waals surface area contributed by atoms with E-state index in [1.807, 2.05) is 65.6 Å². The molecule has 1 aliphatic heterocycles. The summed E-state index contributed by atoms with van der Waals surface area (Å²) in [5.41, 5.74) is 2.56. The topological polar surface area (TPSA) is 78.5 Å². The van der Waals surface area contributed by atoms with Gasteiger partial charge in [0, 0.05) is 40.9 Å². The van der Waals surface area contributed by atoms with Crippen LogP contribution in [0.5, 0.6) is 0 Å². The average Bonchev–Trinajstić information content (AvgIpc) is 3.12. The lowest BCUT2D eigenvalue weighted by Gasteiger charge is -2.32. The van der Waals surface area contributed by atoms with Crippen molar-refractivity contribution in [1.29, 1.82) is 0 Å². The SMILES string of the molecule is O=C(CN(Cc1ccccc1)C1CS(=O)(=O)CC1NCc1ccccc1)Nc1cc(Cl)cc(Cl)c1. The summed E-state index contributed by atoms with van der Waals surface area (Å²) >= 11 is 12.1. The van der Waals surface area contributed by atoms with Crippen LogP contribution in [0, 0.1) is 0 Å². The number of nitrogens with one attached hydrogen (secondary N) is 2. The number of carbonyl (C=O) groups is 1. The molecule has 2 N–H and O–H groups in total. The van der Waals surface area contributed by atoms with Gasteiger partial charge >= 0.3 is 0 Å². The Hall–Kier alpha value is -2.42. The lowest BCUT2D eigenvalue weighted by atomic mass is 10.1. The molecule has 9 heteroatoms. The number of benzene rings is 3. The zero-order valence-electron chi connectivity index (χ0n) is 19.0. The minimum absolute atomic E-state index is 0.0113. The molecule has 0 aliphatic carbocycles. The Labute approximate surface area is 216 Å². The summed E-state index contributed by atoms with van der Waals surface area (Å²) in [5.74, 6) is -0.255. The molecule has 1 saturated heterocycles. The van der Waals surface area contributed by atoms with Crippen molar-refractivity contribution in [2.24, 2.45) is 0 Å². The average molecular weight is 532 g/mol. The van der Waals surface area contributed by atoms with E-state index in [4.69, 9.17) is 23.2 Å². The van der Waals surface area contributed by atoms with Gasteiger partial charge in [-0.2, -0.15) is 0 Å². The minimum atomic E-state index is -3.26. The Morgan fingerprint density at radius 2 is 1.49 bits per heavy atom. The van der Waals surface area contributed by atoms with E-state index in [9.17, 15) is 13.2 Å². The lowest BCUT2D eigenvalue weighted by molar-refractivity contribution is -0.118. The third kappa shape index (κ3) is 7.53. The van der Waals surface area contributed by atoms with Gasteiger partial charge in [0.2, 0.25) is 5.91 Å². The standard InChI is InChI=1S/C26H27Cl2N3O3S/c27-21-11-22(28)13-23(12-21)30-26(32)16-31(15-20-9-5-2-6-10-20)25-18-35(33,34)17-24(25)29-14-19-7-3-1-4-8-19/h1-13,24-25,29H,14-18H2,(H,30,32). The zero-order chi connectivity index (χ0) is 24.8. The summed E-state index contributed by atoms with van der Waals surface area (Å²) in [7, 11) is -3.26. The molecule has 3 aromatic carbocycles. The van der Waals surface area contributed by atoms with Crippen molar-refractivity contribution in [2.75, 3.05) is 23.4 Å². The van der Waals surface area contributed by atoms with E-state index in [2.05, 4.69) is 10.6 Å². The first-order chi connectivity index (χ1) is 16.8. The van der Waals surface area contributed by atoms with Crippen LogP contribution in [-0.2, 0) is 27.7 Å². The second-order valence-corrected chi connectivity index (χ2v) is 11.7. The summed E-state index contributed by atoms with van der Waals surface area (Å²) in [6.07, 6.45) is 0. The number of halogens is 2. The summed E-state index contributed by atoms with van der Waals surface area (Å²) in [6, 6.07) is 23.7. The first-order valence-corrected chi connectivity index (χ1v) is 13.9. The van der Waals surface area contributed by atoms with Crippen molar-refractivity contribution in [3.05, 3.63) is 100 Å². The van der Waals surface area contributed by atoms with Gasteiger partial charge in [0.25, 0.3) is 0 Å². The normalized spacial score (nSPS) is 19.1. The number of amides is 1. The molecule has 0 aromatic heterocycles. The maximum absolute atomic E-state index is 13.0. The van der Waals surface area contributed by atoms with E-state index in [-0.39, 0.29) is 36.0 Å². The van der Waals surface area contributed by atoms with Gasteiger partial charge in [0.05, 0.1) is 18.1 Å². The first-order valence-electron chi connectivity index (χ1n) is 11.3. The molecule has 1 fully saturated rings. The largest absolute Gasteiger partial charge is 0.325 e. The second kappa shape index (κ2) is 11.5. The van der Waals surface area contributed by atoms with Crippen LogP contribution in [0.2, 0.25) is 10.0 Å². The van der Waals surface area contributed by atoms with Crippen molar-refractivity contribution >= 4 is 44.6 Å². The zero-order valence-corrected chi connectivity index (χ0v) is 21.4. The molecular weight excluding hydrogens is 505 g/mol. The molecule has 6 nitrogen and oxygen atoms in total. The van der Waals surface area contributed by atoms with Gasteiger partial charge in [0.1, 0.15) is 0 Å². The van der Waals surface area contributed by atoms with Crippen LogP contribution < -0.4 is 10.6 Å². The molecule has 0 saturated carbocycles. The van der Waals surface area contributed by atoms with E-state index < -0.39 is 9.84 Å². The first kappa shape index (κ1) is 25.7. The molecular formula is C26H27Cl2N3O3S. The summed E-state index contributed by atoms with van der Waals surface area (Å²) in [6.45, 7) is 1.00. The Kier molecular flexibility index (Phi) is 8.46. The van der Waals surface area contributed by atoms with Crippen LogP contribution in [0.3, 0.4) is 0 Å². The maximum Gasteiger partial charge on any atom is 0.238 e. The fraction of sp³-hybridized carbons (Fsp3) is 0.269. The molecule has 0 radical (unpaired) electrons. The lowest BCUT2D eigenvalue weighted by Crippen LogP contribution is -2.51. The molecule has 2 atom stereocenters. The van der Waals surface area contributed by atoms with E-state index >= 15 is 0 Å². The number of anilines is 1. The van der Waals surface area contributed by atoms with E-state index in [0.29, 0.717) is 28.8 Å². The number of hydrogen-bond donors (Lipinski definition) is 2. The van der Waals surface area contributed by atoms with Gasteiger partial charge in [-0.25, -0.2) is 8.42 Å². The maximum atomic E-state index is 13.0. The number of nitrogens with zero attached hydrogens (tertiary/aromatic N) is 1. The molecule has 2 unspecified atom stereocenters. The Balaban J connectivity index is 1.54. The van der Waals surface area contributed by atoms with Crippen molar-refractivity contribution in [3.63, 3.8) is 0 Å². The molecule has 1 heterocycles. The number of sulfone groups is 1. The molecule has 0 bridgehead atoms. The fourth-order valence-electron chi connectivity index (χ4n) is 4.35. The quantitative estimate of drug-likeness (QED) is 0.428. The molecule has 3 aromatic rings. The predicted octanol–water partition coefficient (Wildman–Crippen LogP) is 4.39. The molecule has 1 aliphatic rings. The highest BCUT2D eigenvalue weighted by Crippen LogP contribution is 2.24. The molecule has 35 heavy (non-hydrogen) atoms. The van der Waals surface area contributed by atoms with Crippen LogP contribution in [-0.4, -0.2) is 49.4 Å². The monoisotopic (exact) mass is 531 g/mol. The highest BCUT2D eigenvalue weighted by molar-refractivity contribution is 7.91. The van der Waals surface area contributed by atoms with Crippen LogP contribution in [0.1, 0.15) is 11.1 Å². The van der Waals surface area contributed by atoms with Gasteiger partial charge in [0.15, 0.2) is 9.84 Å². The number of rotatable bonds is 9. The smallest absolute Gasteiger partial charge is 0.238 e. The fourth-order valence-corrected chi connectivity index (χ4v) is 6.86. The van der Waals surface area contributed by atoms with Crippen LogP contribution in [0.25, 0.3) is 0 Å². The Morgan fingerprint density at radius 1 is 0.886 bits per heavy atom. The van der Waals surface area contributed by atoms with Crippen molar-refractivity contribution in [3.8, 4) is 0 Å².